The summed E-state index contributed by atoms with van der Waals surface area (Å²) >= 11 is 0. The topological polar surface area (TPSA) is 0 Å². The van der Waals surface area contributed by atoms with Gasteiger partial charge in [-0.1, -0.05) is 70.8 Å². The summed E-state index contributed by atoms with van der Waals surface area (Å²) in [6.07, 6.45) is 23.5. The molecule has 2 rings (SSSR count). The van der Waals surface area contributed by atoms with Crippen molar-refractivity contribution in [1.29, 1.82) is 0 Å². The highest BCUT2D eigenvalue weighted by atomic mass is 19.1. The molecule has 0 saturated heterocycles. The van der Waals surface area contributed by atoms with E-state index in [1.807, 2.05) is 0 Å². The molecule has 0 bridgehead atoms. The van der Waals surface area contributed by atoms with E-state index in [-0.39, 0.29) is 0 Å². The molecule has 1 heteroatoms. The van der Waals surface area contributed by atoms with E-state index < -0.39 is 0 Å². The molecule has 2 saturated carbocycles. The van der Waals surface area contributed by atoms with Gasteiger partial charge in [0, 0.05) is 0 Å². The fourth-order valence-corrected chi connectivity index (χ4v) is 5.15. The van der Waals surface area contributed by atoms with Crippen LogP contribution in [0.15, 0.2) is 12.4 Å². The maximum absolute atomic E-state index is 12.0. The monoisotopic (exact) mass is 322 g/mol. The molecule has 0 N–H and O–H groups in total. The summed E-state index contributed by atoms with van der Waals surface area (Å²) < 4.78 is 12.0. The van der Waals surface area contributed by atoms with Crippen LogP contribution in [0.2, 0.25) is 0 Å². The first-order chi connectivity index (χ1) is 11.3. The SMILES string of the molecule is CCCCCC[C@H]1CC[C@H](C2CCC(CC/C=C/F)CC2)CC1. The van der Waals surface area contributed by atoms with Gasteiger partial charge in [-0.3, -0.25) is 0 Å². The summed E-state index contributed by atoms with van der Waals surface area (Å²) in [5, 5.41) is 0. The molecule has 0 nitrogen and oxygen atoms in total. The Hall–Kier alpha value is -0.330. The molecule has 0 aliphatic heterocycles. The van der Waals surface area contributed by atoms with E-state index in [1.54, 1.807) is 6.08 Å². The van der Waals surface area contributed by atoms with Gasteiger partial charge in [0.1, 0.15) is 0 Å². The van der Waals surface area contributed by atoms with E-state index >= 15 is 0 Å². The summed E-state index contributed by atoms with van der Waals surface area (Å²) in [6.45, 7) is 2.30. The molecule has 0 unspecified atom stereocenters. The van der Waals surface area contributed by atoms with E-state index in [0.29, 0.717) is 6.33 Å². The smallest absolute Gasteiger partial charge is 0.0827 e. The fraction of sp³-hybridized carbons (Fsp3) is 0.909. The summed E-state index contributed by atoms with van der Waals surface area (Å²) in [5.74, 6) is 3.97. The zero-order valence-electron chi connectivity index (χ0n) is 15.4. The minimum Gasteiger partial charge on any atom is -0.216 e. The Morgan fingerprint density at radius 1 is 0.739 bits per heavy atom. The van der Waals surface area contributed by atoms with Crippen molar-refractivity contribution in [3.05, 3.63) is 12.4 Å². The van der Waals surface area contributed by atoms with Gasteiger partial charge in [-0.2, -0.15) is 0 Å². The third-order valence-corrected chi connectivity index (χ3v) is 6.75. The van der Waals surface area contributed by atoms with Crippen LogP contribution in [0.1, 0.15) is 103 Å². The van der Waals surface area contributed by atoms with Gasteiger partial charge in [-0.15, -0.1) is 0 Å². The highest BCUT2D eigenvalue weighted by molar-refractivity contribution is 4.83. The minimum atomic E-state index is 0.715. The molecule has 2 aliphatic rings. The van der Waals surface area contributed by atoms with Crippen LogP contribution in [-0.4, -0.2) is 0 Å². The quantitative estimate of drug-likeness (QED) is 0.379. The van der Waals surface area contributed by atoms with Crippen LogP contribution in [0, 0.1) is 23.7 Å². The van der Waals surface area contributed by atoms with Gasteiger partial charge in [-0.05, 0) is 62.2 Å². The zero-order valence-corrected chi connectivity index (χ0v) is 15.4. The molecule has 134 valence electrons. The highest BCUT2D eigenvalue weighted by Gasteiger charge is 2.30. The van der Waals surface area contributed by atoms with Crippen molar-refractivity contribution in [2.24, 2.45) is 23.7 Å². The van der Waals surface area contributed by atoms with Crippen molar-refractivity contribution in [2.45, 2.75) is 103 Å². The Morgan fingerprint density at radius 3 is 1.83 bits per heavy atom. The van der Waals surface area contributed by atoms with Crippen molar-refractivity contribution in [3.63, 3.8) is 0 Å². The maximum atomic E-state index is 12.0. The van der Waals surface area contributed by atoms with Crippen LogP contribution < -0.4 is 0 Å². The van der Waals surface area contributed by atoms with Gasteiger partial charge in [0.2, 0.25) is 0 Å². The second kappa shape index (κ2) is 11.3. The Bertz CT molecular complexity index is 306. The van der Waals surface area contributed by atoms with Crippen molar-refractivity contribution < 1.29 is 4.39 Å². The van der Waals surface area contributed by atoms with Crippen LogP contribution >= 0.6 is 0 Å². The Labute approximate surface area is 144 Å². The minimum absolute atomic E-state index is 0.715. The van der Waals surface area contributed by atoms with Crippen LogP contribution in [0.4, 0.5) is 4.39 Å². The zero-order chi connectivity index (χ0) is 16.3. The van der Waals surface area contributed by atoms with Crippen molar-refractivity contribution >= 4 is 0 Å². The molecule has 0 amide bonds. The lowest BCUT2D eigenvalue weighted by Crippen LogP contribution is -2.25. The number of rotatable bonds is 9. The molecule has 0 spiro atoms. The predicted molar refractivity (Wildman–Crippen MR) is 99.1 cm³/mol. The second-order valence-corrected chi connectivity index (χ2v) is 8.35. The maximum Gasteiger partial charge on any atom is 0.0827 e. The van der Waals surface area contributed by atoms with Gasteiger partial charge in [0.05, 0.1) is 6.33 Å². The summed E-state index contributed by atoms with van der Waals surface area (Å²) in [7, 11) is 0. The number of unbranched alkanes of at least 4 members (excludes halogenated alkanes) is 3. The van der Waals surface area contributed by atoms with E-state index in [4.69, 9.17) is 0 Å². The Balaban J connectivity index is 1.57. The number of allylic oxidation sites excluding steroid dienone is 1. The van der Waals surface area contributed by atoms with Crippen LogP contribution in [-0.2, 0) is 0 Å². The van der Waals surface area contributed by atoms with E-state index in [9.17, 15) is 4.39 Å². The number of hydrogen-bond donors (Lipinski definition) is 0. The summed E-state index contributed by atoms with van der Waals surface area (Å²) in [5.41, 5.74) is 0. The molecule has 0 heterocycles. The average molecular weight is 323 g/mol. The standard InChI is InChI=1S/C22H39F/c1-2-3-4-5-8-19-10-14-21(15-11-19)22-16-12-20(13-17-22)9-6-7-18-23/h7,18-22H,2-6,8-17H2,1H3/b18-7+/t19-,20?,21-,22?. The van der Waals surface area contributed by atoms with Crippen molar-refractivity contribution in [1.82, 2.24) is 0 Å². The van der Waals surface area contributed by atoms with Crippen LogP contribution in [0.5, 0.6) is 0 Å². The summed E-state index contributed by atoms with van der Waals surface area (Å²) in [4.78, 5) is 0. The Morgan fingerprint density at radius 2 is 1.30 bits per heavy atom. The molecule has 0 aromatic rings. The normalized spacial score (nSPS) is 32.4. The van der Waals surface area contributed by atoms with Crippen molar-refractivity contribution in [3.8, 4) is 0 Å². The predicted octanol–water partition coefficient (Wildman–Crippen LogP) is 7.83. The van der Waals surface area contributed by atoms with Gasteiger partial charge in [0.15, 0.2) is 0 Å². The molecule has 23 heavy (non-hydrogen) atoms. The first kappa shape index (κ1) is 19.0. The Kier molecular flexibility index (Phi) is 9.31. The van der Waals surface area contributed by atoms with Gasteiger partial charge in [-0.25, -0.2) is 4.39 Å². The molecule has 0 aromatic heterocycles. The third kappa shape index (κ3) is 6.98. The fourth-order valence-electron chi connectivity index (χ4n) is 5.15. The van der Waals surface area contributed by atoms with Crippen LogP contribution in [0.3, 0.4) is 0 Å². The average Bonchev–Trinajstić information content (AvgIpc) is 2.60. The number of halogens is 1. The van der Waals surface area contributed by atoms with E-state index in [0.717, 1.165) is 30.1 Å². The largest absolute Gasteiger partial charge is 0.216 e. The van der Waals surface area contributed by atoms with E-state index in [2.05, 4.69) is 6.92 Å². The summed E-state index contributed by atoms with van der Waals surface area (Å²) in [6, 6.07) is 0. The second-order valence-electron chi connectivity index (χ2n) is 8.35. The molecule has 0 aromatic carbocycles. The lowest BCUT2D eigenvalue weighted by Gasteiger charge is -2.38. The third-order valence-electron chi connectivity index (χ3n) is 6.75. The van der Waals surface area contributed by atoms with Gasteiger partial charge >= 0.3 is 0 Å². The lowest BCUT2D eigenvalue weighted by atomic mass is 9.68. The van der Waals surface area contributed by atoms with Crippen molar-refractivity contribution in [2.75, 3.05) is 0 Å². The molecular formula is C22H39F. The lowest BCUT2D eigenvalue weighted by molar-refractivity contribution is 0.140. The van der Waals surface area contributed by atoms with E-state index in [1.165, 1.54) is 89.9 Å². The molecule has 0 radical (unpaired) electrons. The molecular weight excluding hydrogens is 283 g/mol. The van der Waals surface area contributed by atoms with Crippen LogP contribution in [0.25, 0.3) is 0 Å². The van der Waals surface area contributed by atoms with Gasteiger partial charge < -0.3 is 0 Å². The number of hydrogen-bond acceptors (Lipinski definition) is 0. The van der Waals surface area contributed by atoms with Gasteiger partial charge in [0.25, 0.3) is 0 Å². The molecule has 2 fully saturated rings. The first-order valence-corrected chi connectivity index (χ1v) is 10.6. The first-order valence-electron chi connectivity index (χ1n) is 10.6. The highest BCUT2D eigenvalue weighted by Crippen LogP contribution is 2.43. The molecule has 2 aliphatic carbocycles. The molecule has 0 atom stereocenters.